The van der Waals surface area contributed by atoms with E-state index in [0.29, 0.717) is 20.6 Å². The maximum atomic E-state index is 9.30. The van der Waals surface area contributed by atoms with Gasteiger partial charge in [-0.05, 0) is 30.3 Å². The van der Waals surface area contributed by atoms with Gasteiger partial charge in [0, 0.05) is 26.3 Å². The van der Waals surface area contributed by atoms with E-state index < -0.39 is 6.04 Å². The smallest absolute Gasteiger partial charge is 0.143 e. The van der Waals surface area contributed by atoms with Gasteiger partial charge in [0.05, 0.1) is 6.07 Å². The van der Waals surface area contributed by atoms with Gasteiger partial charge in [-0.25, -0.2) is 0 Å². The maximum Gasteiger partial charge on any atom is 0.143 e. The molecule has 0 spiro atoms. The fourth-order valence-corrected chi connectivity index (χ4v) is 2.51. The molecular weight excluding hydrogens is 303 g/mol. The maximum absolute atomic E-state index is 9.30. The van der Waals surface area contributed by atoms with Crippen LogP contribution >= 0.6 is 34.8 Å². The van der Waals surface area contributed by atoms with Crippen LogP contribution in [0.25, 0.3) is 0 Å². The summed E-state index contributed by atoms with van der Waals surface area (Å²) >= 11 is 18.1. The Morgan fingerprint density at radius 1 is 1.00 bits per heavy atom. The molecule has 0 amide bonds. The van der Waals surface area contributed by atoms with Crippen LogP contribution in [0.5, 0.6) is 0 Å². The minimum absolute atomic E-state index is 0.452. The van der Waals surface area contributed by atoms with E-state index in [2.05, 4.69) is 11.4 Å². The van der Waals surface area contributed by atoms with Crippen molar-refractivity contribution in [3.63, 3.8) is 0 Å². The average molecular weight is 312 g/mol. The highest BCUT2D eigenvalue weighted by Gasteiger charge is 2.17. The molecule has 0 radical (unpaired) electrons. The van der Waals surface area contributed by atoms with Crippen molar-refractivity contribution in [2.24, 2.45) is 0 Å². The second kappa shape index (κ2) is 6.16. The minimum atomic E-state index is -0.639. The molecule has 0 saturated carbocycles. The molecule has 0 bridgehead atoms. The number of nitrogens with one attached hydrogen (secondary N) is 1. The highest BCUT2D eigenvalue weighted by molar-refractivity contribution is 6.36. The summed E-state index contributed by atoms with van der Waals surface area (Å²) in [5, 5.41) is 13.8. The van der Waals surface area contributed by atoms with E-state index in [9.17, 15) is 5.26 Å². The van der Waals surface area contributed by atoms with Gasteiger partial charge in [0.25, 0.3) is 0 Å². The predicted molar refractivity (Wildman–Crippen MR) is 79.9 cm³/mol. The monoisotopic (exact) mass is 310 g/mol. The van der Waals surface area contributed by atoms with Gasteiger partial charge in [0.2, 0.25) is 0 Å². The molecule has 0 heterocycles. The van der Waals surface area contributed by atoms with Gasteiger partial charge in [0.15, 0.2) is 0 Å². The molecule has 0 aliphatic carbocycles. The molecule has 0 fully saturated rings. The van der Waals surface area contributed by atoms with Gasteiger partial charge in [-0.2, -0.15) is 5.26 Å². The van der Waals surface area contributed by atoms with Gasteiger partial charge in [0.1, 0.15) is 6.04 Å². The predicted octanol–water partition coefficient (Wildman–Crippen LogP) is 5.32. The van der Waals surface area contributed by atoms with Crippen molar-refractivity contribution in [3.8, 4) is 6.07 Å². The largest absolute Gasteiger partial charge is 0.366 e. The molecule has 1 unspecified atom stereocenters. The van der Waals surface area contributed by atoms with Crippen molar-refractivity contribution >= 4 is 40.5 Å². The first-order valence-corrected chi connectivity index (χ1v) is 6.61. The lowest BCUT2D eigenvalue weighted by Gasteiger charge is -2.16. The lowest BCUT2D eigenvalue weighted by molar-refractivity contribution is 0.998. The molecular formula is C14H9Cl3N2. The van der Waals surface area contributed by atoms with E-state index in [-0.39, 0.29) is 0 Å². The van der Waals surface area contributed by atoms with E-state index in [1.54, 1.807) is 36.4 Å². The standard InChI is InChI=1S/C14H9Cl3N2/c15-9-3-1-4-10(7-9)19-13(8-18)14-11(16)5-2-6-12(14)17/h1-7,13,19H. The Bertz CT molecular complexity index is 615. The SMILES string of the molecule is N#CC(Nc1cccc(Cl)c1)c1c(Cl)cccc1Cl. The van der Waals surface area contributed by atoms with Gasteiger partial charge in [-0.15, -0.1) is 0 Å². The summed E-state index contributed by atoms with van der Waals surface area (Å²) in [5.74, 6) is 0. The molecule has 0 aromatic heterocycles. The molecule has 19 heavy (non-hydrogen) atoms. The Morgan fingerprint density at radius 3 is 2.21 bits per heavy atom. The van der Waals surface area contributed by atoms with Gasteiger partial charge >= 0.3 is 0 Å². The van der Waals surface area contributed by atoms with Gasteiger partial charge in [-0.3, -0.25) is 0 Å². The molecule has 2 aromatic carbocycles. The topological polar surface area (TPSA) is 35.8 Å². The Kier molecular flexibility index (Phi) is 4.55. The summed E-state index contributed by atoms with van der Waals surface area (Å²) in [6.07, 6.45) is 0. The molecule has 1 N–H and O–H groups in total. The summed E-state index contributed by atoms with van der Waals surface area (Å²) in [6.45, 7) is 0. The third kappa shape index (κ3) is 3.33. The van der Waals surface area contributed by atoms with Crippen molar-refractivity contribution in [1.29, 1.82) is 5.26 Å². The Morgan fingerprint density at radius 2 is 1.63 bits per heavy atom. The Hall–Kier alpha value is -1.40. The fraction of sp³-hybridized carbons (Fsp3) is 0.0714. The summed E-state index contributed by atoms with van der Waals surface area (Å²) in [5.41, 5.74) is 1.29. The number of hydrogen-bond acceptors (Lipinski definition) is 2. The number of rotatable bonds is 3. The van der Waals surface area contributed by atoms with Gasteiger partial charge in [-0.1, -0.05) is 46.9 Å². The highest BCUT2D eigenvalue weighted by Crippen LogP contribution is 2.32. The summed E-state index contributed by atoms with van der Waals surface area (Å²) in [4.78, 5) is 0. The third-order valence-corrected chi connectivity index (χ3v) is 3.45. The summed E-state index contributed by atoms with van der Waals surface area (Å²) in [7, 11) is 0. The van der Waals surface area contributed by atoms with E-state index in [1.807, 2.05) is 6.07 Å². The molecule has 0 saturated heterocycles. The number of anilines is 1. The Balaban J connectivity index is 2.34. The van der Waals surface area contributed by atoms with Gasteiger partial charge < -0.3 is 5.32 Å². The molecule has 1 atom stereocenters. The normalized spacial score (nSPS) is 11.7. The van der Waals surface area contributed by atoms with Crippen LogP contribution in [0.2, 0.25) is 15.1 Å². The second-order valence-corrected chi connectivity index (χ2v) is 5.10. The zero-order chi connectivity index (χ0) is 13.8. The van der Waals surface area contributed by atoms with Crippen LogP contribution in [-0.4, -0.2) is 0 Å². The Labute approximate surface area is 126 Å². The lowest BCUT2D eigenvalue weighted by atomic mass is 10.1. The van der Waals surface area contributed by atoms with Crippen molar-refractivity contribution in [2.75, 3.05) is 5.32 Å². The van der Waals surface area contributed by atoms with Crippen LogP contribution in [0.3, 0.4) is 0 Å². The zero-order valence-corrected chi connectivity index (χ0v) is 12.0. The van der Waals surface area contributed by atoms with Crippen molar-refractivity contribution in [1.82, 2.24) is 0 Å². The van der Waals surface area contributed by atoms with Crippen LogP contribution in [0, 0.1) is 11.3 Å². The van der Waals surface area contributed by atoms with E-state index in [4.69, 9.17) is 34.8 Å². The molecule has 2 aromatic rings. The van der Waals surface area contributed by atoms with Crippen LogP contribution in [-0.2, 0) is 0 Å². The fourth-order valence-electron chi connectivity index (χ4n) is 1.70. The highest BCUT2D eigenvalue weighted by atomic mass is 35.5. The van der Waals surface area contributed by atoms with Crippen LogP contribution in [0.4, 0.5) is 5.69 Å². The quantitative estimate of drug-likeness (QED) is 0.832. The van der Waals surface area contributed by atoms with Crippen LogP contribution < -0.4 is 5.32 Å². The molecule has 0 aliphatic rings. The first kappa shape index (κ1) is 14.0. The molecule has 5 heteroatoms. The van der Waals surface area contributed by atoms with E-state index >= 15 is 0 Å². The van der Waals surface area contributed by atoms with E-state index in [1.165, 1.54) is 0 Å². The zero-order valence-electron chi connectivity index (χ0n) is 9.70. The van der Waals surface area contributed by atoms with Crippen LogP contribution in [0.15, 0.2) is 42.5 Å². The number of nitrogens with zero attached hydrogens (tertiary/aromatic N) is 1. The number of benzene rings is 2. The first-order chi connectivity index (χ1) is 9.11. The number of nitriles is 1. The lowest BCUT2D eigenvalue weighted by Crippen LogP contribution is -2.09. The molecule has 96 valence electrons. The van der Waals surface area contributed by atoms with Crippen molar-refractivity contribution < 1.29 is 0 Å². The minimum Gasteiger partial charge on any atom is -0.366 e. The molecule has 2 rings (SSSR count). The van der Waals surface area contributed by atoms with E-state index in [0.717, 1.165) is 5.69 Å². The van der Waals surface area contributed by atoms with Crippen molar-refractivity contribution in [2.45, 2.75) is 6.04 Å². The molecule has 0 aliphatic heterocycles. The van der Waals surface area contributed by atoms with Crippen LogP contribution in [0.1, 0.15) is 11.6 Å². The number of halogens is 3. The average Bonchev–Trinajstić information content (AvgIpc) is 2.37. The summed E-state index contributed by atoms with van der Waals surface area (Å²) in [6, 6.07) is 13.8. The molecule has 2 nitrogen and oxygen atoms in total. The number of hydrogen-bond donors (Lipinski definition) is 1. The van der Waals surface area contributed by atoms with Crippen molar-refractivity contribution in [3.05, 3.63) is 63.1 Å². The second-order valence-electron chi connectivity index (χ2n) is 3.85. The summed E-state index contributed by atoms with van der Waals surface area (Å²) < 4.78 is 0. The first-order valence-electron chi connectivity index (χ1n) is 5.47. The third-order valence-electron chi connectivity index (χ3n) is 2.55.